The Hall–Kier alpha value is -1.55. The van der Waals surface area contributed by atoms with Gasteiger partial charge in [0.15, 0.2) is 0 Å². The quantitative estimate of drug-likeness (QED) is 0.732. The predicted octanol–water partition coefficient (Wildman–Crippen LogP) is 1.17. The zero-order valence-electron chi connectivity index (χ0n) is 9.94. The van der Waals surface area contributed by atoms with Crippen LogP contribution in [0.5, 0.6) is 5.75 Å². The molecule has 1 aromatic carbocycles. The average molecular weight is 234 g/mol. The number of carbonyl (C=O) groups excluding carboxylic acids is 1. The first kappa shape index (κ1) is 11.9. The van der Waals surface area contributed by atoms with Crippen molar-refractivity contribution in [1.82, 2.24) is 5.32 Å². The number of nitrogens with two attached hydrogens (primary N) is 1. The molecule has 1 atom stereocenters. The maximum atomic E-state index is 12.0. The molecule has 4 N–H and O–H groups in total. The molecule has 0 aliphatic heterocycles. The lowest BCUT2D eigenvalue weighted by Gasteiger charge is -2.16. The largest absolute Gasteiger partial charge is 0.508 e. The maximum Gasteiger partial charge on any atom is 0.251 e. The highest BCUT2D eigenvalue weighted by Crippen LogP contribution is 2.32. The first-order valence-electron chi connectivity index (χ1n) is 5.92. The van der Waals surface area contributed by atoms with Crippen LogP contribution in [0.15, 0.2) is 18.2 Å². The Bertz CT molecular complexity index is 427. The molecule has 2 rings (SSSR count). The summed E-state index contributed by atoms with van der Waals surface area (Å²) in [6, 6.07) is 4.83. The van der Waals surface area contributed by atoms with Gasteiger partial charge in [0, 0.05) is 18.2 Å². The van der Waals surface area contributed by atoms with E-state index in [0.717, 1.165) is 18.4 Å². The maximum absolute atomic E-state index is 12.0. The minimum Gasteiger partial charge on any atom is -0.508 e. The van der Waals surface area contributed by atoms with Crippen LogP contribution >= 0.6 is 0 Å². The van der Waals surface area contributed by atoms with Crippen molar-refractivity contribution < 1.29 is 9.90 Å². The van der Waals surface area contributed by atoms with E-state index in [2.05, 4.69) is 5.32 Å². The number of aryl methyl sites for hydroxylation is 1. The van der Waals surface area contributed by atoms with E-state index in [0.29, 0.717) is 18.0 Å². The summed E-state index contributed by atoms with van der Waals surface area (Å²) in [4.78, 5) is 12.0. The second kappa shape index (κ2) is 4.75. The Balaban J connectivity index is 2.08. The van der Waals surface area contributed by atoms with Crippen molar-refractivity contribution >= 4 is 5.91 Å². The Labute approximate surface area is 101 Å². The van der Waals surface area contributed by atoms with Crippen LogP contribution < -0.4 is 11.1 Å². The van der Waals surface area contributed by atoms with Gasteiger partial charge in [0.1, 0.15) is 5.75 Å². The number of phenolic OH excluding ortho intramolecular Hbond substituents is 1. The molecule has 0 spiro atoms. The number of amides is 1. The third-order valence-corrected chi connectivity index (χ3v) is 3.22. The molecule has 17 heavy (non-hydrogen) atoms. The molecule has 0 bridgehead atoms. The van der Waals surface area contributed by atoms with Crippen LogP contribution in [0, 0.1) is 12.8 Å². The molecule has 92 valence electrons. The van der Waals surface area contributed by atoms with Crippen LogP contribution in [0.1, 0.15) is 28.8 Å². The summed E-state index contributed by atoms with van der Waals surface area (Å²) < 4.78 is 0. The van der Waals surface area contributed by atoms with Gasteiger partial charge in [-0.1, -0.05) is 0 Å². The minimum atomic E-state index is -0.107. The van der Waals surface area contributed by atoms with Gasteiger partial charge in [-0.15, -0.1) is 0 Å². The number of hydrogen-bond acceptors (Lipinski definition) is 3. The van der Waals surface area contributed by atoms with E-state index in [1.807, 2.05) is 6.92 Å². The molecule has 1 unspecified atom stereocenters. The van der Waals surface area contributed by atoms with Gasteiger partial charge in [-0.3, -0.25) is 4.79 Å². The zero-order chi connectivity index (χ0) is 12.4. The fourth-order valence-corrected chi connectivity index (χ4v) is 2.02. The van der Waals surface area contributed by atoms with E-state index in [-0.39, 0.29) is 17.7 Å². The first-order chi connectivity index (χ1) is 8.11. The highest BCUT2D eigenvalue weighted by Gasteiger charge is 2.31. The van der Waals surface area contributed by atoms with Gasteiger partial charge < -0.3 is 16.2 Å². The van der Waals surface area contributed by atoms with E-state index in [1.54, 1.807) is 12.1 Å². The molecule has 1 aromatic rings. The molecule has 1 aliphatic rings. The van der Waals surface area contributed by atoms with Crippen LogP contribution in [0.25, 0.3) is 0 Å². The van der Waals surface area contributed by atoms with Crippen LogP contribution in [-0.4, -0.2) is 23.6 Å². The summed E-state index contributed by atoms with van der Waals surface area (Å²) >= 11 is 0. The number of hydrogen-bond donors (Lipinski definition) is 3. The highest BCUT2D eigenvalue weighted by atomic mass is 16.3. The standard InChI is InChI=1S/C13H18N2O2/c1-8-6-10(16)4-5-11(8)13(17)15-12(7-14)9-2-3-9/h4-6,9,12,16H,2-3,7,14H2,1H3,(H,15,17). The number of rotatable bonds is 4. The molecule has 0 aromatic heterocycles. The summed E-state index contributed by atoms with van der Waals surface area (Å²) in [5.74, 6) is 0.614. The molecule has 1 saturated carbocycles. The van der Waals surface area contributed by atoms with E-state index in [4.69, 9.17) is 5.73 Å². The molecule has 1 amide bonds. The molecule has 1 fully saturated rings. The van der Waals surface area contributed by atoms with Gasteiger partial charge in [0.05, 0.1) is 0 Å². The number of aromatic hydroxyl groups is 1. The summed E-state index contributed by atoms with van der Waals surface area (Å²) in [6.45, 7) is 2.29. The van der Waals surface area contributed by atoms with Gasteiger partial charge in [-0.2, -0.15) is 0 Å². The van der Waals surface area contributed by atoms with E-state index < -0.39 is 0 Å². The molecular formula is C13H18N2O2. The Morgan fingerprint density at radius 1 is 1.59 bits per heavy atom. The van der Waals surface area contributed by atoms with Crippen molar-refractivity contribution in [3.05, 3.63) is 29.3 Å². The van der Waals surface area contributed by atoms with Gasteiger partial charge in [-0.05, 0) is 49.4 Å². The fraction of sp³-hybridized carbons (Fsp3) is 0.462. The molecule has 1 aliphatic carbocycles. The summed E-state index contributed by atoms with van der Waals surface area (Å²) in [6.07, 6.45) is 2.30. The Morgan fingerprint density at radius 3 is 2.82 bits per heavy atom. The van der Waals surface area contributed by atoms with Crippen molar-refractivity contribution in [3.8, 4) is 5.75 Å². The van der Waals surface area contributed by atoms with Gasteiger partial charge in [-0.25, -0.2) is 0 Å². The second-order valence-corrected chi connectivity index (χ2v) is 4.65. The average Bonchev–Trinajstić information content (AvgIpc) is 3.09. The molecule has 0 heterocycles. The van der Waals surface area contributed by atoms with E-state index >= 15 is 0 Å². The van der Waals surface area contributed by atoms with Crippen LogP contribution in [0.4, 0.5) is 0 Å². The number of phenols is 1. The molecule has 4 nitrogen and oxygen atoms in total. The lowest BCUT2D eigenvalue weighted by molar-refractivity contribution is 0.0933. The van der Waals surface area contributed by atoms with Crippen molar-refractivity contribution in [2.45, 2.75) is 25.8 Å². The van der Waals surface area contributed by atoms with Crippen molar-refractivity contribution in [3.63, 3.8) is 0 Å². The van der Waals surface area contributed by atoms with E-state index in [9.17, 15) is 9.90 Å². The minimum absolute atomic E-state index is 0.0794. The van der Waals surface area contributed by atoms with Gasteiger partial charge >= 0.3 is 0 Å². The number of carbonyl (C=O) groups is 1. The molecule has 0 saturated heterocycles. The summed E-state index contributed by atoms with van der Waals surface area (Å²) in [5, 5.41) is 12.3. The van der Waals surface area contributed by atoms with Gasteiger partial charge in [0.2, 0.25) is 0 Å². The summed E-state index contributed by atoms with van der Waals surface area (Å²) in [7, 11) is 0. The van der Waals surface area contributed by atoms with Crippen LogP contribution in [-0.2, 0) is 0 Å². The van der Waals surface area contributed by atoms with Crippen molar-refractivity contribution in [2.75, 3.05) is 6.54 Å². The Morgan fingerprint density at radius 2 is 2.29 bits per heavy atom. The third kappa shape index (κ3) is 2.77. The van der Waals surface area contributed by atoms with Crippen molar-refractivity contribution in [1.29, 1.82) is 0 Å². The molecule has 0 radical (unpaired) electrons. The third-order valence-electron chi connectivity index (χ3n) is 3.22. The highest BCUT2D eigenvalue weighted by molar-refractivity contribution is 5.96. The van der Waals surface area contributed by atoms with Crippen LogP contribution in [0.2, 0.25) is 0 Å². The lowest BCUT2D eigenvalue weighted by Crippen LogP contribution is -2.41. The predicted molar refractivity (Wildman–Crippen MR) is 65.9 cm³/mol. The fourth-order valence-electron chi connectivity index (χ4n) is 2.02. The molecule has 4 heteroatoms. The SMILES string of the molecule is Cc1cc(O)ccc1C(=O)NC(CN)C1CC1. The second-order valence-electron chi connectivity index (χ2n) is 4.65. The Kier molecular flexibility index (Phi) is 3.33. The normalized spacial score (nSPS) is 16.6. The van der Waals surface area contributed by atoms with Crippen molar-refractivity contribution in [2.24, 2.45) is 11.7 Å². The smallest absolute Gasteiger partial charge is 0.251 e. The topological polar surface area (TPSA) is 75.3 Å². The first-order valence-corrected chi connectivity index (χ1v) is 5.92. The summed E-state index contributed by atoms with van der Waals surface area (Å²) in [5.41, 5.74) is 7.02. The number of nitrogens with one attached hydrogen (secondary N) is 1. The lowest BCUT2D eigenvalue weighted by atomic mass is 10.1. The van der Waals surface area contributed by atoms with Gasteiger partial charge in [0.25, 0.3) is 5.91 Å². The van der Waals surface area contributed by atoms with E-state index in [1.165, 1.54) is 6.07 Å². The molecular weight excluding hydrogens is 216 g/mol. The zero-order valence-corrected chi connectivity index (χ0v) is 9.94. The number of benzene rings is 1. The van der Waals surface area contributed by atoms with Crippen LogP contribution in [0.3, 0.4) is 0 Å². The monoisotopic (exact) mass is 234 g/mol.